The summed E-state index contributed by atoms with van der Waals surface area (Å²) in [4.78, 5) is 20.7. The van der Waals surface area contributed by atoms with Gasteiger partial charge in [-0.1, -0.05) is 13.3 Å². The van der Waals surface area contributed by atoms with Crippen molar-refractivity contribution in [2.75, 3.05) is 0 Å². The first kappa shape index (κ1) is 9.90. The highest BCUT2D eigenvalue weighted by Crippen LogP contribution is 2.11. The Morgan fingerprint density at radius 1 is 1.55 bits per heavy atom. The molecule has 0 aliphatic heterocycles. The number of nitrogens with two attached hydrogens (primary N) is 1. The van der Waals surface area contributed by atoms with Crippen LogP contribution in [0.3, 0.4) is 0 Å². The Morgan fingerprint density at radius 3 is 2.09 bits per heavy atom. The Hall–Kier alpha value is -1.10. The Kier molecular flexibility index (Phi) is 3.00. The van der Waals surface area contributed by atoms with Gasteiger partial charge in [-0.15, -0.1) is 0 Å². The van der Waals surface area contributed by atoms with E-state index in [9.17, 15) is 9.59 Å². The third kappa shape index (κ3) is 1.91. The van der Waals surface area contributed by atoms with Gasteiger partial charge in [0.2, 0.25) is 5.60 Å². The van der Waals surface area contributed by atoms with Crippen molar-refractivity contribution in [1.82, 2.24) is 0 Å². The van der Waals surface area contributed by atoms with Crippen molar-refractivity contribution in [3.8, 4) is 0 Å². The predicted octanol–water partition coefficient (Wildman–Crippen LogP) is -0.913. The number of rotatable bonds is 4. The van der Waals surface area contributed by atoms with Crippen LogP contribution in [0.1, 0.15) is 19.8 Å². The summed E-state index contributed by atoms with van der Waals surface area (Å²) in [6.45, 7) is 1.65. The zero-order valence-electron chi connectivity index (χ0n) is 6.20. The molecule has 0 aromatic carbocycles. The average Bonchev–Trinajstić information content (AvgIpc) is 1.87. The number of carbonyl (C=O) groups is 2. The normalized spacial score (nSPS) is 15.5. The molecule has 0 fully saturated rings. The van der Waals surface area contributed by atoms with Gasteiger partial charge in [0.05, 0.1) is 0 Å². The van der Waals surface area contributed by atoms with Crippen LogP contribution in [0.2, 0.25) is 0 Å². The molecule has 0 bridgehead atoms. The fraction of sp³-hybridized carbons (Fsp3) is 0.667. The quantitative estimate of drug-likeness (QED) is 0.464. The molecule has 1 amide bonds. The molecule has 5 heteroatoms. The van der Waals surface area contributed by atoms with E-state index >= 15 is 0 Å². The van der Waals surface area contributed by atoms with E-state index < -0.39 is 17.5 Å². The van der Waals surface area contributed by atoms with Gasteiger partial charge in [0, 0.05) is 0 Å². The highest BCUT2D eigenvalue weighted by atomic mass is 16.4. The van der Waals surface area contributed by atoms with E-state index in [0.717, 1.165) is 0 Å². The molecular formula is C6H11NO4. The van der Waals surface area contributed by atoms with E-state index in [2.05, 4.69) is 5.73 Å². The van der Waals surface area contributed by atoms with Crippen LogP contribution in [0, 0.1) is 0 Å². The molecule has 0 aromatic heterocycles. The zero-order valence-corrected chi connectivity index (χ0v) is 6.20. The number of amides is 1. The molecule has 5 nitrogen and oxygen atoms in total. The van der Waals surface area contributed by atoms with Crippen molar-refractivity contribution in [2.45, 2.75) is 25.4 Å². The minimum atomic E-state index is -2.39. The van der Waals surface area contributed by atoms with Crippen molar-refractivity contribution in [1.29, 1.82) is 0 Å². The maximum atomic E-state index is 10.4. The summed E-state index contributed by atoms with van der Waals surface area (Å²) >= 11 is 0. The van der Waals surface area contributed by atoms with Crippen molar-refractivity contribution < 1.29 is 19.8 Å². The van der Waals surface area contributed by atoms with Gasteiger partial charge in [0.1, 0.15) is 0 Å². The molecule has 0 spiro atoms. The second kappa shape index (κ2) is 3.34. The van der Waals surface area contributed by atoms with E-state index in [-0.39, 0.29) is 6.42 Å². The number of carbonyl (C=O) groups excluding carboxylic acids is 1. The number of carboxylic acids is 1. The topological polar surface area (TPSA) is 101 Å². The van der Waals surface area contributed by atoms with Gasteiger partial charge in [-0.25, -0.2) is 4.79 Å². The number of aliphatic carboxylic acids is 1. The summed E-state index contributed by atoms with van der Waals surface area (Å²) in [6.07, 6.45) is 0.226. The third-order valence-electron chi connectivity index (χ3n) is 1.37. The van der Waals surface area contributed by atoms with E-state index in [1.54, 1.807) is 6.92 Å². The van der Waals surface area contributed by atoms with Crippen molar-refractivity contribution >= 4 is 11.9 Å². The van der Waals surface area contributed by atoms with Crippen LogP contribution in [-0.2, 0) is 9.59 Å². The van der Waals surface area contributed by atoms with Gasteiger partial charge >= 0.3 is 5.97 Å². The van der Waals surface area contributed by atoms with Crippen LogP contribution < -0.4 is 5.73 Å². The summed E-state index contributed by atoms with van der Waals surface area (Å²) in [7, 11) is 0. The predicted molar refractivity (Wildman–Crippen MR) is 36.7 cm³/mol. The molecule has 0 rings (SSSR count). The first-order chi connectivity index (χ1) is 4.95. The maximum absolute atomic E-state index is 10.4. The number of aliphatic hydroxyl groups is 1. The molecule has 11 heavy (non-hydrogen) atoms. The van der Waals surface area contributed by atoms with Crippen molar-refractivity contribution in [3.63, 3.8) is 0 Å². The monoisotopic (exact) mass is 161 g/mol. The largest absolute Gasteiger partial charge is 0.479 e. The summed E-state index contributed by atoms with van der Waals surface area (Å²) in [5.41, 5.74) is 2.29. The molecule has 0 heterocycles. The van der Waals surface area contributed by atoms with Crippen LogP contribution >= 0.6 is 0 Å². The standard InChI is InChI=1S/C6H11NO4/c1-2-3-6(11,4(7)8)5(9)10/h11H,2-3H2,1H3,(H2,7,8)(H,9,10). The second-order valence-corrected chi connectivity index (χ2v) is 2.28. The Morgan fingerprint density at radius 2 is 2.00 bits per heavy atom. The van der Waals surface area contributed by atoms with E-state index in [4.69, 9.17) is 10.2 Å². The van der Waals surface area contributed by atoms with Gasteiger partial charge in [-0.05, 0) is 6.42 Å². The van der Waals surface area contributed by atoms with Crippen LogP contribution in [0.4, 0.5) is 0 Å². The molecule has 1 unspecified atom stereocenters. The highest BCUT2D eigenvalue weighted by Gasteiger charge is 2.41. The Labute approximate surface area is 63.8 Å². The van der Waals surface area contributed by atoms with E-state index in [0.29, 0.717) is 6.42 Å². The van der Waals surface area contributed by atoms with Crippen LogP contribution in [-0.4, -0.2) is 27.7 Å². The molecule has 0 saturated carbocycles. The Bertz CT molecular complexity index is 163. The summed E-state index contributed by atoms with van der Waals surface area (Å²) in [5.74, 6) is -2.81. The van der Waals surface area contributed by atoms with Crippen molar-refractivity contribution in [3.05, 3.63) is 0 Å². The molecule has 1 atom stereocenters. The van der Waals surface area contributed by atoms with E-state index in [1.807, 2.05) is 0 Å². The summed E-state index contributed by atoms with van der Waals surface area (Å²) < 4.78 is 0. The molecule has 0 aliphatic carbocycles. The SMILES string of the molecule is CCCC(O)(C(N)=O)C(=O)O. The minimum absolute atomic E-state index is 0.155. The fourth-order valence-corrected chi connectivity index (χ4v) is 0.697. The lowest BCUT2D eigenvalue weighted by Crippen LogP contribution is -2.50. The molecule has 0 aliphatic rings. The van der Waals surface area contributed by atoms with Crippen molar-refractivity contribution in [2.24, 2.45) is 5.73 Å². The number of primary amides is 1. The van der Waals surface area contributed by atoms with Gasteiger partial charge < -0.3 is 15.9 Å². The zero-order chi connectivity index (χ0) is 9.07. The number of hydrogen-bond acceptors (Lipinski definition) is 3. The lowest BCUT2D eigenvalue weighted by Gasteiger charge is -2.17. The van der Waals surface area contributed by atoms with Crippen LogP contribution in [0.15, 0.2) is 0 Å². The maximum Gasteiger partial charge on any atom is 0.345 e. The van der Waals surface area contributed by atoms with Crippen LogP contribution in [0.5, 0.6) is 0 Å². The molecular weight excluding hydrogens is 150 g/mol. The van der Waals surface area contributed by atoms with E-state index in [1.165, 1.54) is 0 Å². The Balaban J connectivity index is 4.52. The second-order valence-electron chi connectivity index (χ2n) is 2.28. The van der Waals surface area contributed by atoms with Gasteiger partial charge in [0.15, 0.2) is 0 Å². The number of carboxylic acid groups (broad SMARTS) is 1. The molecule has 64 valence electrons. The molecule has 0 radical (unpaired) electrons. The lowest BCUT2D eigenvalue weighted by atomic mass is 9.98. The third-order valence-corrected chi connectivity index (χ3v) is 1.37. The first-order valence-corrected chi connectivity index (χ1v) is 3.20. The minimum Gasteiger partial charge on any atom is -0.479 e. The molecule has 0 aromatic rings. The summed E-state index contributed by atoms with van der Waals surface area (Å²) in [5, 5.41) is 17.5. The van der Waals surface area contributed by atoms with Crippen LogP contribution in [0.25, 0.3) is 0 Å². The first-order valence-electron chi connectivity index (χ1n) is 3.20. The molecule has 0 saturated heterocycles. The fourth-order valence-electron chi connectivity index (χ4n) is 0.697. The lowest BCUT2D eigenvalue weighted by molar-refractivity contribution is -0.165. The summed E-state index contributed by atoms with van der Waals surface area (Å²) in [6, 6.07) is 0. The number of hydrogen-bond donors (Lipinski definition) is 3. The van der Waals surface area contributed by atoms with Gasteiger partial charge in [0.25, 0.3) is 5.91 Å². The van der Waals surface area contributed by atoms with Gasteiger partial charge in [-0.3, -0.25) is 4.79 Å². The average molecular weight is 161 g/mol. The molecule has 4 N–H and O–H groups in total. The smallest absolute Gasteiger partial charge is 0.345 e. The van der Waals surface area contributed by atoms with Gasteiger partial charge in [-0.2, -0.15) is 0 Å². The highest BCUT2D eigenvalue weighted by molar-refractivity contribution is 6.04.